The predicted molar refractivity (Wildman–Crippen MR) is 90.8 cm³/mol. The smallest absolute Gasteiger partial charge is 0.269 e. The zero-order valence-electron chi connectivity index (χ0n) is 12.8. The third-order valence-corrected chi connectivity index (χ3v) is 4.34. The van der Waals surface area contributed by atoms with Gasteiger partial charge in [0.15, 0.2) is 5.69 Å². The number of benzene rings is 2. The first kappa shape index (κ1) is 13.6. The van der Waals surface area contributed by atoms with Gasteiger partial charge in [-0.15, -0.1) is 0 Å². The van der Waals surface area contributed by atoms with E-state index in [1.807, 2.05) is 38.1 Å². The zero-order chi connectivity index (χ0) is 16.3. The molecule has 0 fully saturated rings. The number of rotatable bonds is 1. The number of phenols is 1. The van der Waals surface area contributed by atoms with Crippen LogP contribution in [-0.2, 0) is 0 Å². The Morgan fingerprint density at radius 3 is 2.61 bits per heavy atom. The molecular formula is C18H15N3O2. The molecule has 5 heteroatoms. The summed E-state index contributed by atoms with van der Waals surface area (Å²) in [6.45, 7) is 3.92. The van der Waals surface area contributed by atoms with Crippen LogP contribution < -0.4 is 5.73 Å². The fourth-order valence-corrected chi connectivity index (χ4v) is 3.26. The highest BCUT2D eigenvalue weighted by Gasteiger charge is 2.20. The van der Waals surface area contributed by atoms with Crippen LogP contribution >= 0.6 is 0 Å². The number of carbonyl (C=O) groups is 1. The van der Waals surface area contributed by atoms with E-state index < -0.39 is 5.91 Å². The van der Waals surface area contributed by atoms with Crippen molar-refractivity contribution in [3.05, 3.63) is 47.2 Å². The fraction of sp³-hybridized carbons (Fsp3) is 0.111. The number of primary amides is 1. The highest BCUT2D eigenvalue weighted by atomic mass is 16.3. The van der Waals surface area contributed by atoms with Gasteiger partial charge in [0.25, 0.3) is 5.91 Å². The van der Waals surface area contributed by atoms with Crippen LogP contribution in [0.2, 0.25) is 0 Å². The molecule has 0 atom stereocenters. The van der Waals surface area contributed by atoms with Gasteiger partial charge in [0, 0.05) is 16.2 Å². The number of nitrogens with two attached hydrogens (primary N) is 1. The van der Waals surface area contributed by atoms with Gasteiger partial charge in [0.05, 0.1) is 16.6 Å². The van der Waals surface area contributed by atoms with Crippen LogP contribution in [-0.4, -0.2) is 21.0 Å². The molecule has 4 aromatic rings. The maximum atomic E-state index is 11.9. The van der Waals surface area contributed by atoms with Crippen LogP contribution in [0.3, 0.4) is 0 Å². The number of para-hydroxylation sites is 1. The average Bonchev–Trinajstić information content (AvgIpc) is 2.92. The predicted octanol–water partition coefficient (Wildman–Crippen LogP) is 3.29. The summed E-state index contributed by atoms with van der Waals surface area (Å²) < 4.78 is 0. The Morgan fingerprint density at radius 2 is 1.87 bits per heavy atom. The van der Waals surface area contributed by atoms with E-state index in [9.17, 15) is 9.90 Å². The van der Waals surface area contributed by atoms with Crippen LogP contribution in [0.4, 0.5) is 0 Å². The highest BCUT2D eigenvalue weighted by Crippen LogP contribution is 2.38. The number of amides is 1. The van der Waals surface area contributed by atoms with Crippen molar-refractivity contribution in [3.63, 3.8) is 0 Å². The van der Waals surface area contributed by atoms with E-state index in [0.717, 1.165) is 32.8 Å². The molecule has 114 valence electrons. The Balaban J connectivity index is 2.42. The number of aryl methyl sites for hydroxylation is 2. The molecule has 0 aliphatic rings. The Morgan fingerprint density at radius 1 is 1.09 bits per heavy atom. The minimum Gasteiger partial charge on any atom is -0.506 e. The molecule has 0 saturated heterocycles. The van der Waals surface area contributed by atoms with Gasteiger partial charge in [-0.2, -0.15) is 0 Å². The van der Waals surface area contributed by atoms with Crippen molar-refractivity contribution >= 4 is 38.6 Å². The number of nitrogens with one attached hydrogen (secondary N) is 1. The van der Waals surface area contributed by atoms with Crippen LogP contribution in [0.25, 0.3) is 32.7 Å². The number of hydrogen-bond acceptors (Lipinski definition) is 3. The van der Waals surface area contributed by atoms with Gasteiger partial charge in [-0.25, -0.2) is 4.98 Å². The number of nitrogens with zero attached hydrogens (tertiary/aromatic N) is 1. The number of carbonyl (C=O) groups excluding carboxylic acids is 1. The van der Waals surface area contributed by atoms with Crippen molar-refractivity contribution in [2.24, 2.45) is 5.73 Å². The van der Waals surface area contributed by atoms with E-state index in [4.69, 9.17) is 5.73 Å². The van der Waals surface area contributed by atoms with Gasteiger partial charge < -0.3 is 15.8 Å². The van der Waals surface area contributed by atoms with Crippen LogP contribution in [0, 0.1) is 13.8 Å². The van der Waals surface area contributed by atoms with E-state index in [1.165, 1.54) is 0 Å². The third kappa shape index (κ3) is 1.73. The molecule has 1 amide bonds. The lowest BCUT2D eigenvalue weighted by Gasteiger charge is -2.07. The molecule has 5 nitrogen and oxygen atoms in total. The Kier molecular flexibility index (Phi) is 2.63. The van der Waals surface area contributed by atoms with E-state index in [2.05, 4.69) is 9.97 Å². The molecule has 0 unspecified atom stereocenters. The first-order valence-corrected chi connectivity index (χ1v) is 7.32. The average molecular weight is 305 g/mol. The summed E-state index contributed by atoms with van der Waals surface area (Å²) >= 11 is 0. The second-order valence-corrected chi connectivity index (χ2v) is 5.82. The molecule has 0 spiro atoms. The van der Waals surface area contributed by atoms with E-state index in [0.29, 0.717) is 11.0 Å². The molecule has 0 bridgehead atoms. The van der Waals surface area contributed by atoms with Crippen LogP contribution in [0.15, 0.2) is 30.3 Å². The number of aromatic hydroxyl groups is 1. The maximum Gasteiger partial charge on any atom is 0.269 e. The molecule has 0 saturated carbocycles. The minimum atomic E-state index is -0.594. The Labute approximate surface area is 131 Å². The minimum absolute atomic E-state index is 0.137. The summed E-state index contributed by atoms with van der Waals surface area (Å²) in [5.74, 6) is -0.457. The van der Waals surface area contributed by atoms with Gasteiger partial charge in [-0.05, 0) is 31.0 Å². The summed E-state index contributed by atoms with van der Waals surface area (Å²) in [5, 5.41) is 12.9. The molecular weight excluding hydrogens is 290 g/mol. The van der Waals surface area contributed by atoms with Gasteiger partial charge in [-0.3, -0.25) is 4.79 Å². The zero-order valence-corrected chi connectivity index (χ0v) is 12.8. The Bertz CT molecular complexity index is 1130. The topological polar surface area (TPSA) is 92.0 Å². The molecule has 0 aliphatic carbocycles. The molecule has 4 rings (SSSR count). The fourth-order valence-electron chi connectivity index (χ4n) is 3.26. The monoisotopic (exact) mass is 305 g/mol. The molecule has 2 aromatic heterocycles. The van der Waals surface area contributed by atoms with Crippen molar-refractivity contribution in [2.75, 3.05) is 0 Å². The molecule has 4 N–H and O–H groups in total. The number of pyridine rings is 1. The second-order valence-electron chi connectivity index (χ2n) is 5.82. The largest absolute Gasteiger partial charge is 0.506 e. The van der Waals surface area contributed by atoms with E-state index in [1.54, 1.807) is 6.07 Å². The summed E-state index contributed by atoms with van der Waals surface area (Å²) in [4.78, 5) is 19.5. The first-order chi connectivity index (χ1) is 11.0. The molecule has 0 aliphatic heterocycles. The Hall–Kier alpha value is -3.08. The number of aromatic amines is 1. The van der Waals surface area contributed by atoms with E-state index in [-0.39, 0.29) is 11.4 Å². The third-order valence-electron chi connectivity index (χ3n) is 4.34. The molecule has 23 heavy (non-hydrogen) atoms. The van der Waals surface area contributed by atoms with Crippen molar-refractivity contribution < 1.29 is 9.90 Å². The SMILES string of the molecule is Cc1cccc2c1nc(C(N)=O)c1[nH]c3c(O)ccc(C)c3c12. The van der Waals surface area contributed by atoms with Gasteiger partial charge in [-0.1, -0.05) is 24.3 Å². The number of H-pyrrole nitrogens is 1. The van der Waals surface area contributed by atoms with Crippen molar-refractivity contribution in [1.29, 1.82) is 0 Å². The molecule has 2 aromatic carbocycles. The lowest BCUT2D eigenvalue weighted by molar-refractivity contribution is 0.0997. The van der Waals surface area contributed by atoms with Crippen molar-refractivity contribution in [1.82, 2.24) is 9.97 Å². The van der Waals surface area contributed by atoms with Crippen LogP contribution in [0.1, 0.15) is 21.6 Å². The molecule has 0 radical (unpaired) electrons. The standard InChI is InChI=1S/C18H15N3O2/c1-8-6-7-11(22)15-12(8)13-10-5-3-4-9(2)14(10)20-17(18(19)23)16(13)21-15/h3-7,21-22H,1-2H3,(H2,19,23). The van der Waals surface area contributed by atoms with Gasteiger partial charge >= 0.3 is 0 Å². The number of phenolic OH excluding ortho intramolecular Hbond substituents is 1. The highest BCUT2D eigenvalue weighted by molar-refractivity contribution is 6.25. The lowest BCUT2D eigenvalue weighted by atomic mass is 10.0. The summed E-state index contributed by atoms with van der Waals surface area (Å²) in [6.07, 6.45) is 0. The number of fused-ring (bicyclic) bond motifs is 5. The van der Waals surface area contributed by atoms with Crippen LogP contribution in [0.5, 0.6) is 5.75 Å². The second kappa shape index (κ2) is 4.46. The number of hydrogen-bond donors (Lipinski definition) is 3. The number of aromatic nitrogens is 2. The first-order valence-electron chi connectivity index (χ1n) is 7.32. The van der Waals surface area contributed by atoms with Crippen molar-refractivity contribution in [3.8, 4) is 5.75 Å². The quantitative estimate of drug-likeness (QED) is 0.504. The van der Waals surface area contributed by atoms with Gasteiger partial charge in [0.2, 0.25) is 0 Å². The van der Waals surface area contributed by atoms with Gasteiger partial charge in [0.1, 0.15) is 5.75 Å². The summed E-state index contributed by atoms with van der Waals surface area (Å²) in [5.41, 5.74) is 9.61. The normalized spacial score (nSPS) is 11.6. The molecule has 2 heterocycles. The van der Waals surface area contributed by atoms with Crippen molar-refractivity contribution in [2.45, 2.75) is 13.8 Å². The summed E-state index contributed by atoms with van der Waals surface area (Å²) in [7, 11) is 0. The van der Waals surface area contributed by atoms with E-state index >= 15 is 0 Å². The maximum absolute atomic E-state index is 11.9. The summed E-state index contributed by atoms with van der Waals surface area (Å²) in [6, 6.07) is 9.37. The lowest BCUT2D eigenvalue weighted by Crippen LogP contribution is -2.14.